The van der Waals surface area contributed by atoms with Gasteiger partial charge in [-0.15, -0.1) is 0 Å². The van der Waals surface area contributed by atoms with Crippen molar-refractivity contribution in [1.82, 2.24) is 0 Å². The zero-order valence-corrected chi connectivity index (χ0v) is 56.9. The van der Waals surface area contributed by atoms with Crippen LogP contribution >= 0.6 is 31.9 Å². The molecule has 0 saturated heterocycles. The molecule has 518 valence electrons. The van der Waals surface area contributed by atoms with Gasteiger partial charge in [0.2, 0.25) is 11.5 Å². The van der Waals surface area contributed by atoms with Gasteiger partial charge in [0.15, 0.2) is 23.0 Å². The largest absolute Gasteiger partial charge is 0.488 e. The van der Waals surface area contributed by atoms with Crippen LogP contribution < -0.4 is 37.9 Å². The third kappa shape index (κ3) is 40.4. The number of hydrogen-bond donors (Lipinski definition) is 0. The molecule has 0 radical (unpaired) electrons. The Labute approximate surface area is 548 Å². The van der Waals surface area contributed by atoms with Crippen LogP contribution in [0.25, 0.3) is 0 Å². The molecule has 0 spiro atoms. The minimum Gasteiger partial charge on any atom is -0.488 e. The molecule has 26 nitrogen and oxygen atoms in total. The lowest BCUT2D eigenvalue weighted by molar-refractivity contribution is 0.0146. The van der Waals surface area contributed by atoms with E-state index < -0.39 is 0 Å². The molecule has 0 N–H and O–H groups in total. The molecule has 3 aromatic carbocycles. The summed E-state index contributed by atoms with van der Waals surface area (Å²) in [6.45, 7) is 13.7. The first kappa shape index (κ1) is 80.5. The van der Waals surface area contributed by atoms with E-state index in [-0.39, 0.29) is 92.5 Å². The van der Waals surface area contributed by atoms with Crippen LogP contribution in [-0.4, -0.2) is 281 Å². The van der Waals surface area contributed by atoms with E-state index in [4.69, 9.17) is 123 Å². The van der Waals surface area contributed by atoms with Gasteiger partial charge in [0.25, 0.3) is 0 Å². The van der Waals surface area contributed by atoms with Crippen molar-refractivity contribution >= 4 is 31.9 Å². The fraction of sp³-hybridized carbons (Fsp3) is 0.710. The van der Waals surface area contributed by atoms with Gasteiger partial charge in [0.05, 0.1) is 207 Å². The second-order valence-electron chi connectivity index (χ2n) is 18.5. The van der Waals surface area contributed by atoms with Crippen molar-refractivity contribution in [3.05, 3.63) is 56.5 Å². The maximum atomic E-state index is 6.48. The Kier molecular flexibility index (Phi) is 51.8. The first-order chi connectivity index (χ1) is 44.4. The lowest BCUT2D eigenvalue weighted by Crippen LogP contribution is -2.16. The van der Waals surface area contributed by atoms with Crippen LogP contribution in [0.3, 0.4) is 0 Å². The Bertz CT molecular complexity index is 1920. The third-order valence-corrected chi connectivity index (χ3v) is 12.9. The highest BCUT2D eigenvalue weighted by molar-refractivity contribution is 9.11. The quantitative estimate of drug-likeness (QED) is 0.0533. The summed E-state index contributed by atoms with van der Waals surface area (Å²) in [5, 5.41) is 0. The summed E-state index contributed by atoms with van der Waals surface area (Å²) in [5.41, 5.74) is 1.44. The van der Waals surface area contributed by atoms with Crippen molar-refractivity contribution in [3.63, 3.8) is 0 Å². The van der Waals surface area contributed by atoms with Crippen LogP contribution in [0, 0.1) is 0 Å². The van der Waals surface area contributed by atoms with E-state index in [0.717, 1.165) is 11.1 Å². The van der Waals surface area contributed by atoms with Crippen molar-refractivity contribution in [3.8, 4) is 46.0 Å². The molecule has 0 atom stereocenters. The van der Waals surface area contributed by atoms with Crippen LogP contribution in [0.5, 0.6) is 46.0 Å². The molecule has 0 aliphatic heterocycles. The molecular formula is C62H100Br2O26. The third-order valence-electron chi connectivity index (χ3n) is 11.6. The fourth-order valence-corrected chi connectivity index (χ4v) is 8.10. The summed E-state index contributed by atoms with van der Waals surface area (Å²) in [7, 11) is 9.76. The molecule has 0 aromatic heterocycles. The SMILES string of the molecule is COCCOCCOCCOc1cc(COc2cc(Br)c(OCc3cc(OCCOCCOCCOC)c(OCCOCCOCCOC)c(OCCOCCOCCOC)c3)cc2Br)cc(OCCOCCOCCOC)c1OCCOCCOCCOC. The lowest BCUT2D eigenvalue weighted by Gasteiger charge is -2.20. The van der Waals surface area contributed by atoms with Gasteiger partial charge in [0.1, 0.15) is 64.4 Å². The Morgan fingerprint density at radius 1 is 0.200 bits per heavy atom. The molecule has 0 amide bonds. The zero-order valence-electron chi connectivity index (χ0n) is 53.7. The molecule has 0 bridgehead atoms. The van der Waals surface area contributed by atoms with E-state index in [9.17, 15) is 0 Å². The second-order valence-corrected chi connectivity index (χ2v) is 20.2. The summed E-state index contributed by atoms with van der Waals surface area (Å²) < 4.78 is 151. The predicted molar refractivity (Wildman–Crippen MR) is 337 cm³/mol. The van der Waals surface area contributed by atoms with Crippen LogP contribution in [0.15, 0.2) is 45.3 Å². The number of benzene rings is 3. The van der Waals surface area contributed by atoms with Gasteiger partial charge in [-0.25, -0.2) is 0 Å². The van der Waals surface area contributed by atoms with Gasteiger partial charge in [-0.2, -0.15) is 0 Å². The molecule has 0 unspecified atom stereocenters. The van der Waals surface area contributed by atoms with Crippen LogP contribution in [0.2, 0.25) is 0 Å². The molecular weight excluding hydrogens is 1320 g/mol. The van der Waals surface area contributed by atoms with Gasteiger partial charge in [0, 0.05) is 42.7 Å². The van der Waals surface area contributed by atoms with Crippen LogP contribution in [-0.2, 0) is 98.5 Å². The summed E-state index contributed by atoms with van der Waals surface area (Å²) in [4.78, 5) is 0. The highest BCUT2D eigenvalue weighted by Crippen LogP contribution is 2.42. The monoisotopic (exact) mass is 1420 g/mol. The number of methoxy groups -OCH3 is 6. The van der Waals surface area contributed by atoms with Crippen molar-refractivity contribution in [2.45, 2.75) is 13.2 Å². The van der Waals surface area contributed by atoms with Crippen molar-refractivity contribution in [2.75, 3.05) is 281 Å². The van der Waals surface area contributed by atoms with E-state index >= 15 is 0 Å². The van der Waals surface area contributed by atoms with E-state index in [1.165, 1.54) is 0 Å². The highest BCUT2D eigenvalue weighted by Gasteiger charge is 2.20. The summed E-state index contributed by atoms with van der Waals surface area (Å²) in [5.74, 6) is 3.46. The van der Waals surface area contributed by atoms with Crippen molar-refractivity contribution < 1.29 is 123 Å². The fourth-order valence-electron chi connectivity index (χ4n) is 7.23. The zero-order chi connectivity index (χ0) is 64.4. The topological polar surface area (TPSA) is 240 Å². The lowest BCUT2D eigenvalue weighted by atomic mass is 10.2. The molecule has 0 fully saturated rings. The minimum atomic E-state index is 0.102. The van der Waals surface area contributed by atoms with E-state index in [1.54, 1.807) is 42.7 Å². The van der Waals surface area contributed by atoms with Gasteiger partial charge < -0.3 is 123 Å². The normalized spacial score (nSPS) is 11.4. The van der Waals surface area contributed by atoms with Crippen LogP contribution in [0.1, 0.15) is 11.1 Å². The molecule has 0 saturated carbocycles. The average Bonchev–Trinajstić information content (AvgIpc) is 1.52. The maximum Gasteiger partial charge on any atom is 0.203 e. The smallest absolute Gasteiger partial charge is 0.203 e. The summed E-state index contributed by atoms with van der Waals surface area (Å²) in [6.07, 6.45) is 0. The van der Waals surface area contributed by atoms with Gasteiger partial charge in [-0.3, -0.25) is 0 Å². The first-order valence-electron chi connectivity index (χ1n) is 30.1. The molecule has 0 aliphatic rings. The molecule has 0 heterocycles. The Hall–Kier alpha value is -3.70. The van der Waals surface area contributed by atoms with Crippen molar-refractivity contribution in [2.24, 2.45) is 0 Å². The van der Waals surface area contributed by atoms with E-state index in [2.05, 4.69) is 31.9 Å². The highest BCUT2D eigenvalue weighted by atomic mass is 79.9. The Morgan fingerprint density at radius 3 is 0.578 bits per heavy atom. The molecule has 28 heteroatoms. The van der Waals surface area contributed by atoms with Gasteiger partial charge >= 0.3 is 0 Å². The Balaban J connectivity index is 1.87. The molecule has 3 aromatic rings. The minimum absolute atomic E-state index is 0.102. The van der Waals surface area contributed by atoms with Crippen molar-refractivity contribution in [1.29, 1.82) is 0 Å². The maximum absolute atomic E-state index is 6.48. The standard InChI is InChI=1S/C62H100Br2O26/c1-65-7-13-71-19-25-77-31-37-83-57-43-51(44-58(84-38-32-78-26-20-72-14-8-66-2)61(57)87-41-35-81-29-23-75-17-11-69-5)49-89-55-47-54(64)56(48-53(55)63)90-50-52-45-59(85-39-33-79-27-21-73-15-9-67-3)62(88-42-36-82-30-24-76-18-12-70-6)60(46-52)86-40-34-80-28-22-74-16-10-68-4/h43-48H,7-42,49-50H2,1-6H3. The number of ether oxygens (including phenoxy) is 26. The molecule has 3 rings (SSSR count). The summed E-state index contributed by atoms with van der Waals surface area (Å²) in [6, 6.07) is 11.0. The second kappa shape index (κ2) is 57.9. The number of halogens is 2. The molecule has 0 aliphatic carbocycles. The Morgan fingerprint density at radius 2 is 0.378 bits per heavy atom. The average molecular weight is 1420 g/mol. The van der Waals surface area contributed by atoms with Crippen LogP contribution in [0.4, 0.5) is 0 Å². The predicted octanol–water partition coefficient (Wildman–Crippen LogP) is 6.72. The van der Waals surface area contributed by atoms with E-state index in [1.807, 2.05) is 36.4 Å². The van der Waals surface area contributed by atoms with Gasteiger partial charge in [-0.05, 0) is 79.4 Å². The number of rotatable bonds is 66. The number of hydrogen-bond acceptors (Lipinski definition) is 26. The summed E-state index contributed by atoms with van der Waals surface area (Å²) >= 11 is 7.46. The van der Waals surface area contributed by atoms with E-state index in [0.29, 0.717) is 214 Å². The first-order valence-corrected chi connectivity index (χ1v) is 31.7. The molecule has 90 heavy (non-hydrogen) atoms. The van der Waals surface area contributed by atoms with Gasteiger partial charge in [-0.1, -0.05) is 0 Å².